The van der Waals surface area contributed by atoms with Gasteiger partial charge >= 0.3 is 0 Å². The molecule has 1 aromatic rings. The Kier molecular flexibility index (Phi) is 5.35. The fourth-order valence-corrected chi connectivity index (χ4v) is 3.15. The number of aryl methyl sites for hydroxylation is 1. The number of aliphatic hydroxyl groups is 1. The van der Waals surface area contributed by atoms with E-state index < -0.39 is 16.1 Å². The van der Waals surface area contributed by atoms with Crippen LogP contribution in [0.3, 0.4) is 0 Å². The summed E-state index contributed by atoms with van der Waals surface area (Å²) in [7, 11) is -3.53. The first-order chi connectivity index (χ1) is 9.04. The van der Waals surface area contributed by atoms with Gasteiger partial charge in [0, 0.05) is 6.54 Å². The fourth-order valence-electron chi connectivity index (χ4n) is 1.84. The van der Waals surface area contributed by atoms with Crippen molar-refractivity contribution in [1.29, 1.82) is 0 Å². The molecule has 0 aliphatic carbocycles. The van der Waals surface area contributed by atoms with Gasteiger partial charge in [-0.15, -0.1) is 0 Å². The minimum absolute atomic E-state index is 0.0996. The van der Waals surface area contributed by atoms with Gasteiger partial charge in [0.15, 0.2) is 0 Å². The lowest BCUT2D eigenvalue weighted by atomic mass is 9.87. The van der Waals surface area contributed by atoms with E-state index in [2.05, 4.69) is 25.5 Å². The van der Waals surface area contributed by atoms with Gasteiger partial charge < -0.3 is 5.11 Å². The summed E-state index contributed by atoms with van der Waals surface area (Å²) in [6, 6.07) is 5.54. The Hall–Kier alpha value is -0.910. The first kappa shape index (κ1) is 17.1. The molecule has 20 heavy (non-hydrogen) atoms. The zero-order valence-corrected chi connectivity index (χ0v) is 13.7. The molecule has 0 spiro atoms. The van der Waals surface area contributed by atoms with Crippen LogP contribution in [-0.2, 0) is 15.4 Å². The molecule has 0 radical (unpaired) electrons. The summed E-state index contributed by atoms with van der Waals surface area (Å²) in [4.78, 5) is 0.315. The predicted octanol–water partition coefficient (Wildman–Crippen LogP) is 2.34. The number of hydrogen-bond acceptors (Lipinski definition) is 3. The second kappa shape index (κ2) is 6.24. The van der Waals surface area contributed by atoms with Gasteiger partial charge in [-0.05, 0) is 42.9 Å². The van der Waals surface area contributed by atoms with Crippen molar-refractivity contribution in [2.75, 3.05) is 6.54 Å². The molecule has 0 fully saturated rings. The van der Waals surface area contributed by atoms with Crippen molar-refractivity contribution in [3.05, 3.63) is 29.3 Å². The molecule has 0 amide bonds. The van der Waals surface area contributed by atoms with Crippen molar-refractivity contribution >= 4 is 10.0 Å². The third-order valence-electron chi connectivity index (χ3n) is 3.20. The highest BCUT2D eigenvalue weighted by atomic mass is 32.2. The molecule has 114 valence electrons. The SMILES string of the molecule is Cc1ccc(C(C)(C)C)cc1S(=O)(=O)NCCC(C)O. The molecule has 1 unspecified atom stereocenters. The van der Waals surface area contributed by atoms with Crippen LogP contribution in [0.1, 0.15) is 45.2 Å². The van der Waals surface area contributed by atoms with Crippen LogP contribution in [0.2, 0.25) is 0 Å². The van der Waals surface area contributed by atoms with E-state index in [1.165, 1.54) is 0 Å². The molecule has 0 aliphatic heterocycles. The summed E-state index contributed by atoms with van der Waals surface area (Å²) in [5, 5.41) is 9.19. The van der Waals surface area contributed by atoms with Crippen LogP contribution >= 0.6 is 0 Å². The lowest BCUT2D eigenvalue weighted by Gasteiger charge is -2.21. The maximum absolute atomic E-state index is 12.3. The Morgan fingerprint density at radius 3 is 2.40 bits per heavy atom. The van der Waals surface area contributed by atoms with Crippen LogP contribution in [0.4, 0.5) is 0 Å². The van der Waals surface area contributed by atoms with Crippen molar-refractivity contribution in [2.45, 2.75) is 57.5 Å². The van der Waals surface area contributed by atoms with E-state index >= 15 is 0 Å². The molecule has 1 rings (SSSR count). The van der Waals surface area contributed by atoms with Crippen molar-refractivity contribution < 1.29 is 13.5 Å². The monoisotopic (exact) mass is 299 g/mol. The maximum atomic E-state index is 12.3. The highest BCUT2D eigenvalue weighted by molar-refractivity contribution is 7.89. The first-order valence-corrected chi connectivity index (χ1v) is 8.31. The molecule has 0 saturated carbocycles. The highest BCUT2D eigenvalue weighted by Crippen LogP contribution is 2.26. The van der Waals surface area contributed by atoms with Gasteiger partial charge in [-0.3, -0.25) is 0 Å². The van der Waals surface area contributed by atoms with E-state index in [1.54, 1.807) is 19.9 Å². The van der Waals surface area contributed by atoms with Gasteiger partial charge in [0.1, 0.15) is 0 Å². The number of aliphatic hydroxyl groups excluding tert-OH is 1. The number of sulfonamides is 1. The van der Waals surface area contributed by atoms with Crippen molar-refractivity contribution in [2.24, 2.45) is 0 Å². The fraction of sp³-hybridized carbons (Fsp3) is 0.600. The van der Waals surface area contributed by atoms with Crippen LogP contribution in [0.25, 0.3) is 0 Å². The van der Waals surface area contributed by atoms with Crippen molar-refractivity contribution in [3.63, 3.8) is 0 Å². The van der Waals surface area contributed by atoms with Crippen LogP contribution in [0, 0.1) is 6.92 Å². The Bertz CT molecular complexity index is 557. The molecule has 2 N–H and O–H groups in total. The summed E-state index contributed by atoms with van der Waals surface area (Å²) in [5.41, 5.74) is 1.61. The lowest BCUT2D eigenvalue weighted by molar-refractivity contribution is 0.186. The molecule has 1 atom stereocenters. The number of benzene rings is 1. The third kappa shape index (κ3) is 4.58. The van der Waals surface area contributed by atoms with Crippen LogP contribution in [0.5, 0.6) is 0 Å². The van der Waals surface area contributed by atoms with E-state index in [1.807, 2.05) is 12.1 Å². The smallest absolute Gasteiger partial charge is 0.240 e. The Morgan fingerprint density at radius 1 is 1.30 bits per heavy atom. The first-order valence-electron chi connectivity index (χ1n) is 6.83. The van der Waals surface area contributed by atoms with Gasteiger partial charge in [-0.2, -0.15) is 0 Å². The standard InChI is InChI=1S/C15H25NO3S/c1-11-6-7-13(15(3,4)5)10-14(11)20(18,19)16-9-8-12(2)17/h6-7,10,12,16-17H,8-9H2,1-5H3. The van der Waals surface area contributed by atoms with E-state index in [-0.39, 0.29) is 12.0 Å². The molecular weight excluding hydrogens is 274 g/mol. The van der Waals surface area contributed by atoms with E-state index in [4.69, 9.17) is 0 Å². The number of hydrogen-bond donors (Lipinski definition) is 2. The molecule has 0 bridgehead atoms. The molecule has 1 aromatic carbocycles. The highest BCUT2D eigenvalue weighted by Gasteiger charge is 2.21. The lowest BCUT2D eigenvalue weighted by Crippen LogP contribution is -2.27. The quantitative estimate of drug-likeness (QED) is 0.877. The maximum Gasteiger partial charge on any atom is 0.240 e. The van der Waals surface area contributed by atoms with Crippen molar-refractivity contribution in [3.8, 4) is 0 Å². The van der Waals surface area contributed by atoms with E-state index in [9.17, 15) is 13.5 Å². The minimum Gasteiger partial charge on any atom is -0.393 e. The van der Waals surface area contributed by atoms with Gasteiger partial charge in [-0.25, -0.2) is 13.1 Å². The summed E-state index contributed by atoms with van der Waals surface area (Å²) < 4.78 is 27.2. The summed E-state index contributed by atoms with van der Waals surface area (Å²) in [6.07, 6.45) is -0.114. The number of nitrogens with one attached hydrogen (secondary N) is 1. The second-order valence-electron chi connectivity index (χ2n) is 6.27. The van der Waals surface area contributed by atoms with Crippen molar-refractivity contribution in [1.82, 2.24) is 4.72 Å². The average Bonchev–Trinajstić information content (AvgIpc) is 2.26. The second-order valence-corrected chi connectivity index (χ2v) is 8.00. The van der Waals surface area contributed by atoms with Gasteiger partial charge in [-0.1, -0.05) is 32.9 Å². The summed E-state index contributed by atoms with van der Waals surface area (Å²) in [5.74, 6) is 0. The number of rotatable bonds is 5. The molecule has 0 aromatic heterocycles. The molecule has 4 nitrogen and oxygen atoms in total. The predicted molar refractivity (Wildman–Crippen MR) is 81.4 cm³/mol. The normalized spacial score (nSPS) is 14.3. The molecule has 0 aliphatic rings. The van der Waals surface area contributed by atoms with Crippen LogP contribution < -0.4 is 4.72 Å². The van der Waals surface area contributed by atoms with Crippen LogP contribution in [0.15, 0.2) is 23.1 Å². The van der Waals surface area contributed by atoms with Gasteiger partial charge in [0.2, 0.25) is 10.0 Å². The van der Waals surface area contributed by atoms with E-state index in [0.29, 0.717) is 11.3 Å². The minimum atomic E-state index is -3.53. The Labute approximate surface area is 122 Å². The summed E-state index contributed by atoms with van der Waals surface area (Å²) >= 11 is 0. The topological polar surface area (TPSA) is 66.4 Å². The molecule has 0 heterocycles. The van der Waals surface area contributed by atoms with Gasteiger partial charge in [0.25, 0.3) is 0 Å². The molecule has 0 saturated heterocycles. The zero-order valence-electron chi connectivity index (χ0n) is 12.9. The largest absolute Gasteiger partial charge is 0.393 e. The average molecular weight is 299 g/mol. The van der Waals surface area contributed by atoms with Crippen LogP contribution in [-0.4, -0.2) is 26.2 Å². The summed E-state index contributed by atoms with van der Waals surface area (Å²) in [6.45, 7) is 9.81. The molecule has 5 heteroatoms. The Morgan fingerprint density at radius 2 is 1.90 bits per heavy atom. The zero-order chi connectivity index (χ0) is 15.6. The van der Waals surface area contributed by atoms with Gasteiger partial charge in [0.05, 0.1) is 11.0 Å². The third-order valence-corrected chi connectivity index (χ3v) is 4.80. The van der Waals surface area contributed by atoms with E-state index in [0.717, 1.165) is 11.1 Å². The molecular formula is C15H25NO3S. The Balaban J connectivity index is 3.05.